The molecule has 1 heterocycles. The molecule has 1 aliphatic heterocycles. The lowest BCUT2D eigenvalue weighted by atomic mass is 9.91. The summed E-state index contributed by atoms with van der Waals surface area (Å²) in [5, 5.41) is 10.8. The molecule has 2 fully saturated rings. The van der Waals surface area contributed by atoms with Gasteiger partial charge in [0, 0.05) is 18.5 Å². The first-order valence-electron chi connectivity index (χ1n) is 9.69. The van der Waals surface area contributed by atoms with Crippen LogP contribution in [0.15, 0.2) is 48.5 Å². The SMILES string of the molecule is Cc1ccc([C@@H]2C[C@H]2NC(=O)NCc2cccc(C3(C)NC(=O)NC3=O)c2)cc1. The molecule has 0 radical (unpaired) electrons. The molecule has 29 heavy (non-hydrogen) atoms. The minimum atomic E-state index is -1.11. The number of urea groups is 2. The average molecular weight is 392 g/mol. The van der Waals surface area contributed by atoms with Gasteiger partial charge in [0.25, 0.3) is 5.91 Å². The molecule has 1 saturated heterocycles. The lowest BCUT2D eigenvalue weighted by Gasteiger charge is -2.21. The predicted molar refractivity (Wildman–Crippen MR) is 108 cm³/mol. The first-order valence-corrected chi connectivity index (χ1v) is 9.69. The zero-order valence-electron chi connectivity index (χ0n) is 16.4. The van der Waals surface area contributed by atoms with Crippen molar-refractivity contribution in [3.05, 3.63) is 70.8 Å². The highest BCUT2D eigenvalue weighted by molar-refractivity contribution is 6.07. The van der Waals surface area contributed by atoms with E-state index in [1.54, 1.807) is 13.0 Å². The highest BCUT2D eigenvalue weighted by atomic mass is 16.2. The minimum absolute atomic E-state index is 0.153. The molecule has 2 aromatic rings. The van der Waals surface area contributed by atoms with Gasteiger partial charge in [-0.3, -0.25) is 10.1 Å². The molecule has 1 aliphatic carbocycles. The van der Waals surface area contributed by atoms with Crippen LogP contribution in [0.4, 0.5) is 9.59 Å². The van der Waals surface area contributed by atoms with Crippen LogP contribution < -0.4 is 21.3 Å². The van der Waals surface area contributed by atoms with Crippen LogP contribution in [0, 0.1) is 6.92 Å². The Morgan fingerprint density at radius 1 is 1.17 bits per heavy atom. The first kappa shape index (κ1) is 19.0. The Morgan fingerprint density at radius 2 is 1.93 bits per heavy atom. The second-order valence-corrected chi connectivity index (χ2v) is 7.92. The number of amides is 5. The summed E-state index contributed by atoms with van der Waals surface area (Å²) in [7, 11) is 0. The van der Waals surface area contributed by atoms with Crippen molar-refractivity contribution >= 4 is 18.0 Å². The van der Waals surface area contributed by atoms with Crippen LogP contribution in [0.3, 0.4) is 0 Å². The van der Waals surface area contributed by atoms with E-state index in [0.29, 0.717) is 18.0 Å². The van der Waals surface area contributed by atoms with Crippen LogP contribution in [0.1, 0.15) is 41.5 Å². The maximum absolute atomic E-state index is 12.3. The minimum Gasteiger partial charge on any atom is -0.335 e. The topological polar surface area (TPSA) is 99.3 Å². The Bertz CT molecular complexity index is 972. The van der Waals surface area contributed by atoms with Crippen LogP contribution >= 0.6 is 0 Å². The van der Waals surface area contributed by atoms with Gasteiger partial charge in [0.15, 0.2) is 0 Å². The third-order valence-electron chi connectivity index (χ3n) is 5.61. The van der Waals surface area contributed by atoms with E-state index in [2.05, 4.69) is 52.5 Å². The molecule has 4 N–H and O–H groups in total. The molecule has 150 valence electrons. The molecular weight excluding hydrogens is 368 g/mol. The molecule has 5 amide bonds. The lowest BCUT2D eigenvalue weighted by Crippen LogP contribution is -2.40. The maximum atomic E-state index is 12.3. The van der Waals surface area contributed by atoms with Crippen LogP contribution in [-0.2, 0) is 16.9 Å². The highest BCUT2D eigenvalue weighted by Gasteiger charge is 2.43. The summed E-state index contributed by atoms with van der Waals surface area (Å²) in [6.07, 6.45) is 0.944. The zero-order valence-corrected chi connectivity index (χ0v) is 16.4. The van der Waals surface area contributed by atoms with Crippen molar-refractivity contribution < 1.29 is 14.4 Å². The number of aryl methyl sites for hydroxylation is 1. The number of rotatable bonds is 5. The number of hydrogen-bond acceptors (Lipinski definition) is 3. The monoisotopic (exact) mass is 392 g/mol. The largest absolute Gasteiger partial charge is 0.335 e. The second-order valence-electron chi connectivity index (χ2n) is 7.92. The van der Waals surface area contributed by atoms with E-state index in [-0.39, 0.29) is 18.0 Å². The van der Waals surface area contributed by atoms with Gasteiger partial charge in [-0.2, -0.15) is 0 Å². The van der Waals surface area contributed by atoms with E-state index in [1.165, 1.54) is 11.1 Å². The molecule has 7 heteroatoms. The Balaban J connectivity index is 1.32. The van der Waals surface area contributed by atoms with Gasteiger partial charge in [-0.1, -0.05) is 54.1 Å². The summed E-state index contributed by atoms with van der Waals surface area (Å²) < 4.78 is 0. The first-order chi connectivity index (χ1) is 13.8. The summed E-state index contributed by atoms with van der Waals surface area (Å²) in [5.74, 6) is -0.0182. The fourth-order valence-electron chi connectivity index (χ4n) is 3.68. The Hall–Kier alpha value is -3.35. The number of imide groups is 1. The molecule has 4 rings (SSSR count). The van der Waals surface area contributed by atoms with Gasteiger partial charge in [0.1, 0.15) is 5.54 Å². The van der Waals surface area contributed by atoms with E-state index >= 15 is 0 Å². The third kappa shape index (κ3) is 3.94. The van der Waals surface area contributed by atoms with Gasteiger partial charge >= 0.3 is 12.1 Å². The Morgan fingerprint density at radius 3 is 2.62 bits per heavy atom. The van der Waals surface area contributed by atoms with Gasteiger partial charge < -0.3 is 16.0 Å². The van der Waals surface area contributed by atoms with Gasteiger partial charge in [-0.15, -0.1) is 0 Å². The maximum Gasteiger partial charge on any atom is 0.322 e. The second kappa shape index (κ2) is 7.24. The van der Waals surface area contributed by atoms with Gasteiger partial charge in [-0.05, 0) is 37.0 Å². The molecule has 0 bridgehead atoms. The van der Waals surface area contributed by atoms with E-state index < -0.39 is 11.6 Å². The van der Waals surface area contributed by atoms with Crippen LogP contribution in [0.2, 0.25) is 0 Å². The average Bonchev–Trinajstić information content (AvgIpc) is 3.39. The van der Waals surface area contributed by atoms with Crippen LogP contribution in [0.5, 0.6) is 0 Å². The number of carbonyl (C=O) groups excluding carboxylic acids is 3. The number of carbonyl (C=O) groups is 3. The van der Waals surface area contributed by atoms with Gasteiger partial charge in [0.05, 0.1) is 0 Å². The predicted octanol–water partition coefficient (Wildman–Crippen LogP) is 2.40. The summed E-state index contributed by atoms with van der Waals surface area (Å²) in [6, 6.07) is 15.1. The fourth-order valence-corrected chi connectivity index (χ4v) is 3.68. The molecule has 0 aromatic heterocycles. The molecule has 2 aliphatic rings. The van der Waals surface area contributed by atoms with Crippen molar-refractivity contribution in [2.45, 2.75) is 44.3 Å². The Kier molecular flexibility index (Phi) is 4.74. The summed E-state index contributed by atoms with van der Waals surface area (Å²) in [6.45, 7) is 4.04. The molecule has 0 spiro atoms. The molecule has 2 aromatic carbocycles. The number of nitrogens with one attached hydrogen (secondary N) is 4. The molecule has 7 nitrogen and oxygen atoms in total. The van der Waals surface area contributed by atoms with Crippen molar-refractivity contribution in [2.75, 3.05) is 0 Å². The summed E-state index contributed by atoms with van der Waals surface area (Å²) in [5.41, 5.74) is 2.88. The van der Waals surface area contributed by atoms with Crippen molar-refractivity contribution in [1.82, 2.24) is 21.3 Å². The summed E-state index contributed by atoms with van der Waals surface area (Å²) in [4.78, 5) is 35.8. The van der Waals surface area contributed by atoms with Gasteiger partial charge in [0.2, 0.25) is 0 Å². The van der Waals surface area contributed by atoms with E-state index in [9.17, 15) is 14.4 Å². The van der Waals surface area contributed by atoms with Crippen molar-refractivity contribution in [1.29, 1.82) is 0 Å². The normalized spacial score (nSPS) is 25.2. The quantitative estimate of drug-likeness (QED) is 0.588. The lowest BCUT2D eigenvalue weighted by molar-refractivity contribution is -0.123. The third-order valence-corrected chi connectivity index (χ3v) is 5.61. The van der Waals surface area contributed by atoms with Crippen LogP contribution in [-0.4, -0.2) is 24.0 Å². The Labute approximate surface area is 169 Å². The smallest absolute Gasteiger partial charge is 0.322 e. The standard InChI is InChI=1S/C22H24N4O3/c1-13-6-8-15(9-7-13)17-11-18(17)24-20(28)23-12-14-4-3-5-16(10-14)22(2)19(27)25-21(29)26-22/h3-10,17-18H,11-12H2,1-2H3,(H2,23,24,28)(H2,25,26,27,29)/t17-,18+,22?/m0/s1. The van der Waals surface area contributed by atoms with E-state index in [0.717, 1.165) is 12.0 Å². The van der Waals surface area contributed by atoms with Crippen molar-refractivity contribution in [2.24, 2.45) is 0 Å². The number of benzene rings is 2. The van der Waals surface area contributed by atoms with E-state index in [4.69, 9.17) is 0 Å². The highest BCUT2D eigenvalue weighted by Crippen LogP contribution is 2.40. The summed E-state index contributed by atoms with van der Waals surface area (Å²) >= 11 is 0. The van der Waals surface area contributed by atoms with Crippen molar-refractivity contribution in [3.8, 4) is 0 Å². The zero-order chi connectivity index (χ0) is 20.6. The fraction of sp³-hybridized carbons (Fsp3) is 0.318. The van der Waals surface area contributed by atoms with E-state index in [1.807, 2.05) is 18.2 Å². The molecular formula is C22H24N4O3. The molecule has 1 unspecified atom stereocenters. The molecule has 1 saturated carbocycles. The van der Waals surface area contributed by atoms with Gasteiger partial charge in [-0.25, -0.2) is 9.59 Å². The van der Waals surface area contributed by atoms with Crippen LogP contribution in [0.25, 0.3) is 0 Å². The van der Waals surface area contributed by atoms with Crippen molar-refractivity contribution in [3.63, 3.8) is 0 Å². The molecule has 3 atom stereocenters. The number of hydrogen-bond donors (Lipinski definition) is 4.